The largest absolute Gasteiger partial charge is 0.480 e. The SMILES string of the molecule is N[C@H](CCCCNC1=C(Cl)C(=O)c2ccccc2C1=O)C(=O)O. The van der Waals surface area contributed by atoms with Crippen molar-refractivity contribution in [1.82, 2.24) is 5.32 Å². The first kappa shape index (κ1) is 17.2. The highest BCUT2D eigenvalue weighted by molar-refractivity contribution is 6.49. The summed E-state index contributed by atoms with van der Waals surface area (Å²) < 4.78 is 0. The van der Waals surface area contributed by atoms with E-state index in [4.69, 9.17) is 22.4 Å². The van der Waals surface area contributed by atoms with Gasteiger partial charge in [-0.05, 0) is 19.3 Å². The Morgan fingerprint density at radius 1 is 1.17 bits per heavy atom. The van der Waals surface area contributed by atoms with Gasteiger partial charge in [-0.25, -0.2) is 0 Å². The number of carboxylic acids is 1. The van der Waals surface area contributed by atoms with E-state index in [1.54, 1.807) is 24.3 Å². The maximum Gasteiger partial charge on any atom is 0.320 e. The number of hydrogen-bond donors (Lipinski definition) is 3. The lowest BCUT2D eigenvalue weighted by atomic mass is 9.92. The molecule has 122 valence electrons. The number of aliphatic carboxylic acids is 1. The van der Waals surface area contributed by atoms with Crippen LogP contribution in [0.2, 0.25) is 0 Å². The minimum atomic E-state index is -1.03. The molecule has 0 unspecified atom stereocenters. The maximum atomic E-state index is 12.4. The number of rotatable bonds is 7. The number of allylic oxidation sites excluding steroid dienone is 2. The Kier molecular flexibility index (Phi) is 5.52. The van der Waals surface area contributed by atoms with Crippen molar-refractivity contribution < 1.29 is 19.5 Å². The van der Waals surface area contributed by atoms with Crippen molar-refractivity contribution in [3.8, 4) is 0 Å². The van der Waals surface area contributed by atoms with Gasteiger partial charge in [-0.1, -0.05) is 35.9 Å². The maximum absolute atomic E-state index is 12.4. The Balaban J connectivity index is 1.95. The third-order valence-corrected chi connectivity index (χ3v) is 3.98. The van der Waals surface area contributed by atoms with Crippen LogP contribution in [0.4, 0.5) is 0 Å². The van der Waals surface area contributed by atoms with Crippen LogP contribution in [0.3, 0.4) is 0 Å². The fraction of sp³-hybridized carbons (Fsp3) is 0.312. The number of Topliss-reactive ketones (excluding diaryl/α,β-unsaturated/α-hetero) is 2. The summed E-state index contributed by atoms with van der Waals surface area (Å²) in [6, 6.07) is 5.64. The number of unbranched alkanes of at least 4 members (excludes halogenated alkanes) is 1. The molecule has 6 nitrogen and oxygen atoms in total. The van der Waals surface area contributed by atoms with E-state index in [9.17, 15) is 14.4 Å². The fourth-order valence-corrected chi connectivity index (χ4v) is 2.58. The van der Waals surface area contributed by atoms with Crippen LogP contribution in [-0.2, 0) is 4.79 Å². The predicted molar refractivity (Wildman–Crippen MR) is 85.4 cm³/mol. The Bertz CT molecular complexity index is 684. The number of nitrogens with one attached hydrogen (secondary N) is 1. The molecule has 1 aromatic rings. The molecule has 0 spiro atoms. The molecule has 0 bridgehead atoms. The van der Waals surface area contributed by atoms with Crippen molar-refractivity contribution in [2.75, 3.05) is 6.54 Å². The van der Waals surface area contributed by atoms with Crippen LogP contribution in [0.15, 0.2) is 35.0 Å². The van der Waals surface area contributed by atoms with E-state index < -0.39 is 12.0 Å². The van der Waals surface area contributed by atoms with Crippen molar-refractivity contribution in [3.63, 3.8) is 0 Å². The molecule has 0 aliphatic heterocycles. The Hall–Kier alpha value is -2.18. The normalized spacial score (nSPS) is 15.4. The number of halogens is 1. The lowest BCUT2D eigenvalue weighted by Crippen LogP contribution is -2.31. The number of ketones is 2. The molecule has 0 saturated carbocycles. The highest BCUT2D eigenvalue weighted by Gasteiger charge is 2.30. The van der Waals surface area contributed by atoms with E-state index in [0.717, 1.165) is 0 Å². The molecule has 7 heteroatoms. The van der Waals surface area contributed by atoms with E-state index in [1.807, 2.05) is 0 Å². The number of nitrogens with two attached hydrogens (primary N) is 1. The molecular formula is C16H17ClN2O4. The second-order valence-electron chi connectivity index (χ2n) is 5.26. The van der Waals surface area contributed by atoms with E-state index in [1.165, 1.54) is 0 Å². The number of carbonyl (C=O) groups excluding carboxylic acids is 2. The minimum Gasteiger partial charge on any atom is -0.480 e. The van der Waals surface area contributed by atoms with Gasteiger partial charge in [0, 0.05) is 17.7 Å². The smallest absolute Gasteiger partial charge is 0.320 e. The highest BCUT2D eigenvalue weighted by Crippen LogP contribution is 2.27. The molecule has 1 aliphatic rings. The summed E-state index contributed by atoms with van der Waals surface area (Å²) in [6.45, 7) is 0.402. The second-order valence-corrected chi connectivity index (χ2v) is 5.64. The standard InChI is InChI=1S/C16H17ClN2O4/c17-12-13(19-8-4-3-7-11(18)16(22)23)15(21)10-6-2-1-5-9(10)14(12)20/h1-2,5-6,11,19H,3-4,7-8,18H2,(H,22,23)/t11-/m1/s1. The Morgan fingerprint density at radius 2 is 1.78 bits per heavy atom. The molecule has 1 atom stereocenters. The molecule has 0 aromatic heterocycles. The van der Waals surface area contributed by atoms with Crippen LogP contribution in [-0.4, -0.2) is 35.2 Å². The summed E-state index contributed by atoms with van der Waals surface area (Å²) in [6.07, 6.45) is 1.54. The highest BCUT2D eigenvalue weighted by atomic mass is 35.5. The van der Waals surface area contributed by atoms with Gasteiger partial charge in [0.15, 0.2) is 0 Å². The zero-order chi connectivity index (χ0) is 17.0. The van der Waals surface area contributed by atoms with Gasteiger partial charge in [0.1, 0.15) is 16.8 Å². The van der Waals surface area contributed by atoms with Crippen molar-refractivity contribution in [3.05, 3.63) is 46.1 Å². The quantitative estimate of drug-likeness (QED) is 0.654. The third-order valence-electron chi connectivity index (χ3n) is 3.62. The second kappa shape index (κ2) is 7.39. The average Bonchev–Trinajstić information content (AvgIpc) is 2.55. The van der Waals surface area contributed by atoms with Crippen LogP contribution in [0.1, 0.15) is 40.0 Å². The summed E-state index contributed by atoms with van der Waals surface area (Å²) in [4.78, 5) is 35.1. The van der Waals surface area contributed by atoms with Gasteiger partial charge in [-0.2, -0.15) is 0 Å². The Labute approximate surface area is 138 Å². The predicted octanol–water partition coefficient (Wildman–Crippen LogP) is 1.69. The summed E-state index contributed by atoms with van der Waals surface area (Å²) in [5, 5.41) is 11.5. The lowest BCUT2D eigenvalue weighted by Gasteiger charge is -2.18. The van der Waals surface area contributed by atoms with Gasteiger partial charge >= 0.3 is 5.97 Å². The first-order valence-electron chi connectivity index (χ1n) is 7.24. The van der Waals surface area contributed by atoms with Gasteiger partial charge in [-0.15, -0.1) is 0 Å². The van der Waals surface area contributed by atoms with Gasteiger partial charge in [-0.3, -0.25) is 14.4 Å². The molecule has 0 heterocycles. The molecule has 0 fully saturated rings. The third kappa shape index (κ3) is 3.78. The molecule has 1 aromatic carbocycles. The van der Waals surface area contributed by atoms with Crippen LogP contribution in [0.25, 0.3) is 0 Å². The van der Waals surface area contributed by atoms with Crippen LogP contribution >= 0.6 is 11.6 Å². The van der Waals surface area contributed by atoms with Gasteiger partial charge in [0.2, 0.25) is 11.6 Å². The zero-order valence-electron chi connectivity index (χ0n) is 12.3. The first-order valence-corrected chi connectivity index (χ1v) is 7.61. The molecule has 0 radical (unpaired) electrons. The minimum absolute atomic E-state index is 0.0953. The number of benzene rings is 1. The van der Waals surface area contributed by atoms with Crippen molar-refractivity contribution in [2.45, 2.75) is 25.3 Å². The van der Waals surface area contributed by atoms with Gasteiger partial charge in [0.05, 0.1) is 0 Å². The van der Waals surface area contributed by atoms with Crippen molar-refractivity contribution >= 4 is 29.1 Å². The average molecular weight is 337 g/mol. The number of carboxylic acid groups (broad SMARTS) is 1. The molecule has 0 saturated heterocycles. The number of fused-ring (bicyclic) bond motifs is 1. The topological polar surface area (TPSA) is 109 Å². The molecular weight excluding hydrogens is 320 g/mol. The van der Waals surface area contributed by atoms with Gasteiger partial charge < -0.3 is 16.2 Å². The van der Waals surface area contributed by atoms with Gasteiger partial charge in [0.25, 0.3) is 0 Å². The molecule has 4 N–H and O–H groups in total. The summed E-state index contributed by atoms with van der Waals surface area (Å²) in [5.74, 6) is -1.72. The van der Waals surface area contributed by atoms with E-state index in [-0.39, 0.29) is 22.3 Å². The molecule has 23 heavy (non-hydrogen) atoms. The van der Waals surface area contributed by atoms with E-state index in [2.05, 4.69) is 5.32 Å². The summed E-state index contributed by atoms with van der Waals surface area (Å²) in [5.41, 5.74) is 6.14. The Morgan fingerprint density at radius 3 is 2.39 bits per heavy atom. The van der Waals surface area contributed by atoms with Crippen LogP contribution in [0.5, 0.6) is 0 Å². The number of hydrogen-bond acceptors (Lipinski definition) is 5. The monoisotopic (exact) mass is 336 g/mol. The molecule has 2 rings (SSSR count). The summed E-state index contributed by atoms with van der Waals surface area (Å²) in [7, 11) is 0. The zero-order valence-corrected chi connectivity index (χ0v) is 13.1. The van der Waals surface area contributed by atoms with Crippen molar-refractivity contribution in [2.24, 2.45) is 5.73 Å². The molecule has 1 aliphatic carbocycles. The van der Waals surface area contributed by atoms with Crippen LogP contribution in [0, 0.1) is 0 Å². The fourth-order valence-electron chi connectivity index (χ4n) is 2.33. The number of carbonyl (C=O) groups is 3. The summed E-state index contributed by atoms with van der Waals surface area (Å²) >= 11 is 6.01. The molecule has 0 amide bonds. The van der Waals surface area contributed by atoms with Crippen molar-refractivity contribution in [1.29, 1.82) is 0 Å². The van der Waals surface area contributed by atoms with E-state index in [0.29, 0.717) is 36.9 Å². The van der Waals surface area contributed by atoms with E-state index >= 15 is 0 Å². The first-order chi connectivity index (χ1) is 10.9. The van der Waals surface area contributed by atoms with Crippen LogP contribution < -0.4 is 11.1 Å². The lowest BCUT2D eigenvalue weighted by molar-refractivity contribution is -0.138.